The lowest BCUT2D eigenvalue weighted by atomic mass is 9.77. The average Bonchev–Trinajstić information content (AvgIpc) is 2.29. The van der Waals surface area contributed by atoms with Gasteiger partial charge in [-0.3, -0.25) is 0 Å². The maximum absolute atomic E-state index is 5.74. The van der Waals surface area contributed by atoms with Crippen LogP contribution < -0.4 is 5.73 Å². The maximum atomic E-state index is 5.74. The van der Waals surface area contributed by atoms with E-state index in [2.05, 4.69) is 29.2 Å². The van der Waals surface area contributed by atoms with Crippen molar-refractivity contribution in [3.05, 3.63) is 59.3 Å². The first-order valence-corrected chi connectivity index (χ1v) is 6.61. The van der Waals surface area contributed by atoms with Crippen molar-refractivity contribution in [1.82, 2.24) is 4.98 Å². The molecular formula is C16H18N2. The molecule has 0 unspecified atom stereocenters. The molecule has 0 aliphatic heterocycles. The fraction of sp³-hybridized carbons (Fsp3) is 0.312. The zero-order chi connectivity index (χ0) is 12.4. The molecule has 18 heavy (non-hydrogen) atoms. The fourth-order valence-corrected chi connectivity index (χ4v) is 2.64. The highest BCUT2D eigenvalue weighted by Gasteiger charge is 2.21. The quantitative estimate of drug-likeness (QED) is 0.888. The molecule has 0 radical (unpaired) electrons. The number of rotatable bonds is 3. The number of nitrogens with two attached hydrogens (primary N) is 1. The number of anilines is 1. The third-order valence-electron chi connectivity index (χ3n) is 3.84. The van der Waals surface area contributed by atoms with E-state index in [9.17, 15) is 0 Å². The number of nitrogens with zero attached hydrogens (tertiary/aromatic N) is 1. The van der Waals surface area contributed by atoms with Gasteiger partial charge in [-0.2, -0.15) is 0 Å². The smallest absolute Gasteiger partial charge is 0.123 e. The summed E-state index contributed by atoms with van der Waals surface area (Å²) in [6, 6.07) is 12.8. The fourth-order valence-electron chi connectivity index (χ4n) is 2.64. The van der Waals surface area contributed by atoms with Crippen molar-refractivity contribution in [2.75, 3.05) is 5.73 Å². The van der Waals surface area contributed by atoms with Gasteiger partial charge >= 0.3 is 0 Å². The van der Waals surface area contributed by atoms with Crippen LogP contribution in [0.25, 0.3) is 0 Å². The van der Waals surface area contributed by atoms with Crippen LogP contribution in [0.4, 0.5) is 5.82 Å². The van der Waals surface area contributed by atoms with Gasteiger partial charge in [0, 0.05) is 6.20 Å². The van der Waals surface area contributed by atoms with E-state index < -0.39 is 0 Å². The lowest BCUT2D eigenvalue weighted by Crippen LogP contribution is -2.11. The Hall–Kier alpha value is -1.83. The lowest BCUT2D eigenvalue weighted by molar-refractivity contribution is 0.417. The van der Waals surface area contributed by atoms with Gasteiger partial charge in [-0.15, -0.1) is 0 Å². The Bertz CT molecular complexity index is 544. The van der Waals surface area contributed by atoms with Crippen LogP contribution in [0.5, 0.6) is 0 Å². The van der Waals surface area contributed by atoms with E-state index in [4.69, 9.17) is 5.73 Å². The van der Waals surface area contributed by atoms with Crippen LogP contribution >= 0.6 is 0 Å². The summed E-state index contributed by atoms with van der Waals surface area (Å²) in [5, 5.41) is 0. The Balaban J connectivity index is 1.88. The minimum atomic E-state index is 0.605. The lowest BCUT2D eigenvalue weighted by Gasteiger charge is -2.28. The van der Waals surface area contributed by atoms with Crippen LogP contribution in [0.1, 0.15) is 41.9 Å². The molecule has 92 valence electrons. The van der Waals surface area contributed by atoms with Crippen molar-refractivity contribution in [2.45, 2.75) is 31.6 Å². The van der Waals surface area contributed by atoms with Gasteiger partial charge in [-0.25, -0.2) is 4.98 Å². The molecule has 2 nitrogen and oxygen atoms in total. The van der Waals surface area contributed by atoms with Crippen molar-refractivity contribution in [1.29, 1.82) is 0 Å². The number of aromatic nitrogens is 1. The van der Waals surface area contributed by atoms with E-state index in [0.717, 1.165) is 12.3 Å². The van der Waals surface area contributed by atoms with E-state index in [0.29, 0.717) is 5.82 Å². The second-order valence-corrected chi connectivity index (χ2v) is 5.09. The molecule has 2 heteroatoms. The topological polar surface area (TPSA) is 38.9 Å². The van der Waals surface area contributed by atoms with Gasteiger partial charge in [-0.1, -0.05) is 30.7 Å². The van der Waals surface area contributed by atoms with Crippen molar-refractivity contribution < 1.29 is 0 Å². The minimum absolute atomic E-state index is 0.605. The molecule has 0 spiro atoms. The third-order valence-corrected chi connectivity index (χ3v) is 3.84. The van der Waals surface area contributed by atoms with Gasteiger partial charge < -0.3 is 5.73 Å². The summed E-state index contributed by atoms with van der Waals surface area (Å²) in [6.07, 6.45) is 6.81. The summed E-state index contributed by atoms with van der Waals surface area (Å²) in [4.78, 5) is 4.04. The van der Waals surface area contributed by atoms with Crippen molar-refractivity contribution >= 4 is 5.82 Å². The van der Waals surface area contributed by atoms with Crippen LogP contribution in [0.3, 0.4) is 0 Å². The molecule has 1 fully saturated rings. The van der Waals surface area contributed by atoms with Gasteiger partial charge in [0.2, 0.25) is 0 Å². The first kappa shape index (κ1) is 11.3. The molecule has 1 aliphatic carbocycles. The van der Waals surface area contributed by atoms with Crippen LogP contribution in [-0.4, -0.2) is 4.98 Å². The Morgan fingerprint density at radius 3 is 2.72 bits per heavy atom. The standard InChI is InChI=1S/C16H18N2/c17-16-11-12(8-9-18-16)10-14-4-1-2-7-15(14)13-5-3-6-13/h1-2,4,7-9,11,13H,3,5-6,10H2,(H2,17,18). The van der Waals surface area contributed by atoms with Crippen LogP contribution in [-0.2, 0) is 6.42 Å². The number of pyridine rings is 1. The predicted molar refractivity (Wildman–Crippen MR) is 74.5 cm³/mol. The van der Waals surface area contributed by atoms with Gasteiger partial charge in [-0.05, 0) is 54.0 Å². The highest BCUT2D eigenvalue weighted by Crippen LogP contribution is 2.38. The Morgan fingerprint density at radius 2 is 2.00 bits per heavy atom. The van der Waals surface area contributed by atoms with Crippen LogP contribution in [0, 0.1) is 0 Å². The molecule has 0 atom stereocenters. The van der Waals surface area contributed by atoms with E-state index in [1.54, 1.807) is 6.20 Å². The van der Waals surface area contributed by atoms with Gasteiger partial charge in [0.1, 0.15) is 5.82 Å². The monoisotopic (exact) mass is 238 g/mol. The number of hydrogen-bond acceptors (Lipinski definition) is 2. The zero-order valence-corrected chi connectivity index (χ0v) is 10.5. The normalized spacial score (nSPS) is 15.3. The molecule has 1 aliphatic rings. The summed E-state index contributed by atoms with van der Waals surface area (Å²) in [5.41, 5.74) is 9.95. The minimum Gasteiger partial charge on any atom is -0.384 e. The number of nitrogen functional groups attached to an aromatic ring is 1. The number of hydrogen-bond donors (Lipinski definition) is 1. The molecule has 3 rings (SSSR count). The molecule has 1 heterocycles. The SMILES string of the molecule is Nc1cc(Cc2ccccc2C2CCC2)ccn1. The molecule has 0 saturated heterocycles. The largest absolute Gasteiger partial charge is 0.384 e. The van der Waals surface area contributed by atoms with E-state index in [1.807, 2.05) is 12.1 Å². The zero-order valence-electron chi connectivity index (χ0n) is 10.5. The van der Waals surface area contributed by atoms with E-state index in [-0.39, 0.29) is 0 Å². The van der Waals surface area contributed by atoms with Gasteiger partial charge in [0.05, 0.1) is 0 Å². The summed E-state index contributed by atoms with van der Waals surface area (Å²) >= 11 is 0. The van der Waals surface area contributed by atoms with E-state index >= 15 is 0 Å². The summed E-state index contributed by atoms with van der Waals surface area (Å²) in [5.74, 6) is 1.38. The molecule has 1 aromatic heterocycles. The Kier molecular flexibility index (Phi) is 3.01. The van der Waals surface area contributed by atoms with Crippen molar-refractivity contribution in [3.8, 4) is 0 Å². The van der Waals surface area contributed by atoms with E-state index in [1.165, 1.54) is 36.0 Å². The molecular weight excluding hydrogens is 220 g/mol. The molecule has 0 bridgehead atoms. The molecule has 0 amide bonds. The van der Waals surface area contributed by atoms with Crippen molar-refractivity contribution in [3.63, 3.8) is 0 Å². The highest BCUT2D eigenvalue weighted by molar-refractivity contribution is 5.39. The Labute approximate surface area is 108 Å². The third kappa shape index (κ3) is 2.23. The summed E-state index contributed by atoms with van der Waals surface area (Å²) in [7, 11) is 0. The van der Waals surface area contributed by atoms with Gasteiger partial charge in [0.15, 0.2) is 0 Å². The first-order valence-electron chi connectivity index (χ1n) is 6.61. The Morgan fingerprint density at radius 1 is 1.17 bits per heavy atom. The molecule has 1 aromatic carbocycles. The molecule has 2 N–H and O–H groups in total. The highest BCUT2D eigenvalue weighted by atomic mass is 14.8. The predicted octanol–water partition coefficient (Wildman–Crippen LogP) is 3.52. The second kappa shape index (κ2) is 4.81. The van der Waals surface area contributed by atoms with Crippen LogP contribution in [0.15, 0.2) is 42.6 Å². The van der Waals surface area contributed by atoms with Crippen LogP contribution in [0.2, 0.25) is 0 Å². The summed E-state index contributed by atoms with van der Waals surface area (Å²) < 4.78 is 0. The van der Waals surface area contributed by atoms with Crippen molar-refractivity contribution in [2.24, 2.45) is 0 Å². The van der Waals surface area contributed by atoms with Gasteiger partial charge in [0.25, 0.3) is 0 Å². The second-order valence-electron chi connectivity index (χ2n) is 5.09. The number of benzene rings is 1. The first-order chi connectivity index (χ1) is 8.83. The summed E-state index contributed by atoms with van der Waals surface area (Å²) in [6.45, 7) is 0. The maximum Gasteiger partial charge on any atom is 0.123 e. The molecule has 1 saturated carbocycles. The average molecular weight is 238 g/mol. The molecule has 2 aromatic rings.